The highest BCUT2D eigenvalue weighted by molar-refractivity contribution is 5.98. The van der Waals surface area contributed by atoms with Crippen molar-refractivity contribution in [1.29, 1.82) is 0 Å². The van der Waals surface area contributed by atoms with Crippen LogP contribution in [0.1, 0.15) is 61.9 Å². The molecule has 0 unspecified atom stereocenters. The van der Waals surface area contributed by atoms with Gasteiger partial charge in [0.25, 0.3) is 5.91 Å². The van der Waals surface area contributed by atoms with Gasteiger partial charge in [-0.1, -0.05) is 31.5 Å². The van der Waals surface area contributed by atoms with E-state index in [0.717, 1.165) is 25.0 Å². The second kappa shape index (κ2) is 10.4. The normalized spacial score (nSPS) is 24.1. The number of ether oxygens (including phenoxy) is 2. The molecule has 0 bridgehead atoms. The van der Waals surface area contributed by atoms with Crippen LogP contribution < -0.4 is 5.32 Å². The number of nitrogens with one attached hydrogen (secondary N) is 1. The van der Waals surface area contributed by atoms with E-state index < -0.39 is 11.8 Å². The minimum Gasteiger partial charge on any atom is -0.376 e. The predicted molar refractivity (Wildman–Crippen MR) is 127 cm³/mol. The lowest BCUT2D eigenvalue weighted by Gasteiger charge is -2.44. The van der Waals surface area contributed by atoms with E-state index in [-0.39, 0.29) is 30.4 Å². The van der Waals surface area contributed by atoms with Gasteiger partial charge in [-0.05, 0) is 37.8 Å². The van der Waals surface area contributed by atoms with E-state index in [1.807, 2.05) is 43.9 Å². The number of likely N-dealkylation sites (tertiary alicyclic amines) is 1. The first-order valence-electron chi connectivity index (χ1n) is 12.5. The molecule has 0 aliphatic carbocycles. The van der Waals surface area contributed by atoms with Gasteiger partial charge in [-0.25, -0.2) is 0 Å². The van der Waals surface area contributed by atoms with Crippen LogP contribution in [0.3, 0.4) is 0 Å². The van der Waals surface area contributed by atoms with Crippen LogP contribution in [-0.2, 0) is 19.1 Å². The molecule has 4 rings (SSSR count). The fraction of sp³-hybridized carbons (Fsp3) is 0.654. The van der Waals surface area contributed by atoms with Crippen LogP contribution in [0.2, 0.25) is 0 Å². The Hall–Kier alpha value is -2.45. The van der Waals surface area contributed by atoms with E-state index in [9.17, 15) is 14.4 Å². The van der Waals surface area contributed by atoms with Gasteiger partial charge in [0.1, 0.15) is 11.8 Å². The Labute approximate surface area is 201 Å². The van der Waals surface area contributed by atoms with Crippen molar-refractivity contribution in [1.82, 2.24) is 15.1 Å². The monoisotopic (exact) mass is 471 g/mol. The topological polar surface area (TPSA) is 88.2 Å². The molecule has 3 amide bonds. The van der Waals surface area contributed by atoms with Crippen LogP contribution in [0.5, 0.6) is 0 Å². The molecule has 3 aliphatic rings. The molecule has 1 aromatic carbocycles. The molecule has 3 saturated heterocycles. The smallest absolute Gasteiger partial charge is 0.256 e. The zero-order valence-electron chi connectivity index (χ0n) is 20.5. The summed E-state index contributed by atoms with van der Waals surface area (Å²) in [7, 11) is 0. The number of hydrogen-bond donors (Lipinski definition) is 1. The van der Waals surface area contributed by atoms with Crippen LogP contribution in [-0.4, -0.2) is 78.2 Å². The number of rotatable bonds is 6. The number of hydrogen-bond acceptors (Lipinski definition) is 5. The van der Waals surface area contributed by atoms with Crippen LogP contribution in [0.15, 0.2) is 24.3 Å². The number of amides is 3. The van der Waals surface area contributed by atoms with Crippen molar-refractivity contribution in [3.8, 4) is 0 Å². The largest absolute Gasteiger partial charge is 0.376 e. The Bertz CT molecular complexity index is 903. The van der Waals surface area contributed by atoms with Crippen molar-refractivity contribution in [2.75, 3.05) is 32.8 Å². The highest BCUT2D eigenvalue weighted by Gasteiger charge is 2.54. The summed E-state index contributed by atoms with van der Waals surface area (Å²) in [6.07, 6.45) is 3.44. The maximum Gasteiger partial charge on any atom is 0.256 e. The molecule has 1 N–H and O–H groups in total. The molecule has 0 radical (unpaired) electrons. The van der Waals surface area contributed by atoms with E-state index in [2.05, 4.69) is 5.32 Å². The van der Waals surface area contributed by atoms with Crippen LogP contribution in [0.4, 0.5) is 0 Å². The summed E-state index contributed by atoms with van der Waals surface area (Å²) in [6.45, 7) is 8.33. The average Bonchev–Trinajstić information content (AvgIpc) is 3.45. The SMILES string of the molecule is Cc1cccc(C(=O)N2[C@H](C(=O)NC[C@@H]3CCCO3)COC23CCN(C(=O)CC(C)C)CC3)c1. The van der Waals surface area contributed by atoms with Gasteiger partial charge >= 0.3 is 0 Å². The number of carbonyl (C=O) groups excluding carboxylic acids is 3. The predicted octanol–water partition coefficient (Wildman–Crippen LogP) is 2.50. The van der Waals surface area contributed by atoms with Gasteiger partial charge in [0.05, 0.1) is 12.7 Å². The van der Waals surface area contributed by atoms with Crippen LogP contribution in [0, 0.1) is 12.8 Å². The minimum atomic E-state index is -0.888. The molecule has 3 aliphatic heterocycles. The third-order valence-corrected chi connectivity index (χ3v) is 7.06. The van der Waals surface area contributed by atoms with Crippen LogP contribution >= 0.6 is 0 Å². The number of benzene rings is 1. The summed E-state index contributed by atoms with van der Waals surface area (Å²) in [5.74, 6) is -0.000170. The highest BCUT2D eigenvalue weighted by atomic mass is 16.5. The van der Waals surface area contributed by atoms with Crippen molar-refractivity contribution >= 4 is 17.7 Å². The summed E-state index contributed by atoms with van der Waals surface area (Å²) in [4.78, 5) is 43.1. The number of nitrogens with zero attached hydrogens (tertiary/aromatic N) is 2. The Balaban J connectivity index is 1.53. The van der Waals surface area contributed by atoms with Crippen molar-refractivity contribution in [3.63, 3.8) is 0 Å². The fourth-order valence-corrected chi connectivity index (χ4v) is 5.21. The minimum absolute atomic E-state index is 0.0244. The van der Waals surface area contributed by atoms with Gasteiger partial charge in [0, 0.05) is 51.1 Å². The number of carbonyl (C=O) groups is 3. The molecule has 186 valence electrons. The maximum absolute atomic E-state index is 13.8. The molecule has 0 saturated carbocycles. The van der Waals surface area contributed by atoms with Crippen molar-refractivity contribution in [3.05, 3.63) is 35.4 Å². The lowest BCUT2D eigenvalue weighted by molar-refractivity contribution is -0.144. The summed E-state index contributed by atoms with van der Waals surface area (Å²) in [5, 5.41) is 2.98. The molecule has 34 heavy (non-hydrogen) atoms. The summed E-state index contributed by atoms with van der Waals surface area (Å²) < 4.78 is 11.9. The lowest BCUT2D eigenvalue weighted by Crippen LogP contribution is -2.60. The van der Waals surface area contributed by atoms with Gasteiger partial charge in [0.15, 0.2) is 0 Å². The molecule has 8 heteroatoms. The third kappa shape index (κ3) is 5.28. The van der Waals surface area contributed by atoms with E-state index in [1.165, 1.54) is 0 Å². The zero-order chi connectivity index (χ0) is 24.3. The van der Waals surface area contributed by atoms with E-state index in [0.29, 0.717) is 50.4 Å². The Kier molecular flexibility index (Phi) is 7.57. The van der Waals surface area contributed by atoms with Gasteiger partial charge in [-0.3, -0.25) is 19.3 Å². The van der Waals surface area contributed by atoms with Gasteiger partial charge in [-0.2, -0.15) is 0 Å². The fourth-order valence-electron chi connectivity index (χ4n) is 5.21. The van der Waals surface area contributed by atoms with E-state index in [4.69, 9.17) is 9.47 Å². The second-order valence-corrected chi connectivity index (χ2v) is 10.2. The molecular formula is C26H37N3O5. The molecule has 3 fully saturated rings. The first-order chi connectivity index (χ1) is 16.3. The van der Waals surface area contributed by atoms with Crippen LogP contribution in [0.25, 0.3) is 0 Å². The first-order valence-corrected chi connectivity index (χ1v) is 12.5. The van der Waals surface area contributed by atoms with Gasteiger partial charge in [0.2, 0.25) is 11.8 Å². The first kappa shape index (κ1) is 24.7. The molecule has 1 spiro atoms. The van der Waals surface area contributed by atoms with E-state index in [1.54, 1.807) is 11.0 Å². The average molecular weight is 472 g/mol. The molecule has 0 aromatic heterocycles. The Morgan fingerprint density at radius 3 is 2.62 bits per heavy atom. The van der Waals surface area contributed by atoms with Crippen molar-refractivity contribution in [2.24, 2.45) is 5.92 Å². The molecule has 2 atom stereocenters. The summed E-state index contributed by atoms with van der Waals surface area (Å²) in [5.41, 5.74) is 0.634. The number of aryl methyl sites for hydroxylation is 1. The van der Waals surface area contributed by atoms with Crippen molar-refractivity contribution in [2.45, 2.75) is 70.7 Å². The lowest BCUT2D eigenvalue weighted by atomic mass is 9.95. The second-order valence-electron chi connectivity index (χ2n) is 10.2. The number of piperidine rings is 1. The third-order valence-electron chi connectivity index (χ3n) is 7.06. The van der Waals surface area contributed by atoms with Gasteiger partial charge in [-0.15, -0.1) is 0 Å². The maximum atomic E-state index is 13.8. The Morgan fingerprint density at radius 2 is 1.97 bits per heavy atom. The standard InChI is InChI=1S/C26H37N3O5/c1-18(2)14-23(30)28-11-9-26(10-12-28)29(25(32)20-7-4-6-19(3)15-20)22(17-34-26)24(31)27-16-21-8-5-13-33-21/h4,6-7,15,18,21-22H,5,8-14,16-17H2,1-3H3,(H,27,31)/t21-,22-/m0/s1. The highest BCUT2D eigenvalue weighted by Crippen LogP contribution is 2.38. The Morgan fingerprint density at radius 1 is 1.21 bits per heavy atom. The van der Waals surface area contributed by atoms with E-state index >= 15 is 0 Å². The molecule has 1 aromatic rings. The molecule has 3 heterocycles. The zero-order valence-corrected chi connectivity index (χ0v) is 20.5. The molecular weight excluding hydrogens is 434 g/mol. The van der Waals surface area contributed by atoms with Gasteiger partial charge < -0.3 is 19.7 Å². The summed E-state index contributed by atoms with van der Waals surface area (Å²) >= 11 is 0. The van der Waals surface area contributed by atoms with Crippen molar-refractivity contribution < 1.29 is 23.9 Å². The quantitative estimate of drug-likeness (QED) is 0.689. The molecule has 8 nitrogen and oxygen atoms in total. The summed E-state index contributed by atoms with van der Waals surface area (Å²) in [6, 6.07) is 6.71.